The van der Waals surface area contributed by atoms with Crippen molar-refractivity contribution in [1.82, 2.24) is 9.97 Å². The molecule has 0 aliphatic heterocycles. The van der Waals surface area contributed by atoms with E-state index in [-0.39, 0.29) is 11.7 Å². The monoisotopic (exact) mass is 353 g/mol. The van der Waals surface area contributed by atoms with Crippen LogP contribution in [-0.2, 0) is 4.79 Å². The van der Waals surface area contributed by atoms with Crippen LogP contribution < -0.4 is 10.1 Å². The minimum Gasteiger partial charge on any atom is -0.495 e. The molecular formula is C19H19N3O2S. The van der Waals surface area contributed by atoms with E-state index in [4.69, 9.17) is 4.74 Å². The second-order valence-corrected chi connectivity index (χ2v) is 6.47. The summed E-state index contributed by atoms with van der Waals surface area (Å²) in [7, 11) is 1.59. The molecule has 1 heterocycles. The highest BCUT2D eigenvalue weighted by Crippen LogP contribution is 2.26. The summed E-state index contributed by atoms with van der Waals surface area (Å²) in [5, 5.41) is 3.60. The third-order valence-corrected chi connectivity index (χ3v) is 4.49. The maximum absolute atomic E-state index is 12.2. The van der Waals surface area contributed by atoms with Crippen molar-refractivity contribution in [1.29, 1.82) is 0 Å². The molecule has 1 aromatic heterocycles. The van der Waals surface area contributed by atoms with Crippen molar-refractivity contribution in [2.24, 2.45) is 0 Å². The van der Waals surface area contributed by atoms with Gasteiger partial charge in [0.2, 0.25) is 5.91 Å². The van der Waals surface area contributed by atoms with Gasteiger partial charge in [-0.05, 0) is 30.2 Å². The van der Waals surface area contributed by atoms with Crippen LogP contribution >= 0.6 is 11.8 Å². The predicted octanol–water partition coefficient (Wildman–Crippen LogP) is 4.12. The normalized spacial score (nSPS) is 10.5. The SMILES string of the molecule is COc1ccc(C)cc1NC(=O)CSc1ncc(-c2ccccc2)[nH]1. The second-order valence-electron chi connectivity index (χ2n) is 5.51. The number of aryl methyl sites for hydroxylation is 1. The molecule has 0 fully saturated rings. The van der Waals surface area contributed by atoms with E-state index in [1.807, 2.05) is 55.5 Å². The number of H-pyrrole nitrogens is 1. The lowest BCUT2D eigenvalue weighted by Crippen LogP contribution is -2.15. The fourth-order valence-corrected chi connectivity index (χ4v) is 3.03. The lowest BCUT2D eigenvalue weighted by atomic mass is 10.2. The molecule has 0 aliphatic rings. The van der Waals surface area contributed by atoms with Gasteiger partial charge in [-0.3, -0.25) is 4.79 Å². The van der Waals surface area contributed by atoms with Gasteiger partial charge in [-0.2, -0.15) is 0 Å². The van der Waals surface area contributed by atoms with Crippen LogP contribution in [-0.4, -0.2) is 28.7 Å². The molecule has 0 atom stereocenters. The maximum atomic E-state index is 12.2. The number of nitrogens with zero attached hydrogens (tertiary/aromatic N) is 1. The number of carbonyl (C=O) groups excluding carboxylic acids is 1. The van der Waals surface area contributed by atoms with E-state index in [2.05, 4.69) is 15.3 Å². The van der Waals surface area contributed by atoms with Gasteiger partial charge in [-0.15, -0.1) is 0 Å². The maximum Gasteiger partial charge on any atom is 0.234 e. The summed E-state index contributed by atoms with van der Waals surface area (Å²) in [4.78, 5) is 19.8. The third kappa shape index (κ3) is 4.42. The largest absolute Gasteiger partial charge is 0.495 e. The molecule has 3 rings (SSSR count). The number of rotatable bonds is 6. The van der Waals surface area contributed by atoms with Crippen molar-refractivity contribution in [3.05, 3.63) is 60.3 Å². The molecule has 0 bridgehead atoms. The Morgan fingerprint density at radius 3 is 2.80 bits per heavy atom. The Balaban J connectivity index is 1.60. The van der Waals surface area contributed by atoms with Crippen LogP contribution in [0.2, 0.25) is 0 Å². The molecule has 0 radical (unpaired) electrons. The summed E-state index contributed by atoms with van der Waals surface area (Å²) in [6.45, 7) is 1.97. The first-order valence-corrected chi connectivity index (χ1v) is 8.82. The van der Waals surface area contributed by atoms with Gasteiger partial charge in [0.1, 0.15) is 5.75 Å². The van der Waals surface area contributed by atoms with Crippen LogP contribution in [0.3, 0.4) is 0 Å². The third-order valence-electron chi connectivity index (χ3n) is 3.61. The van der Waals surface area contributed by atoms with Gasteiger partial charge in [0.25, 0.3) is 0 Å². The molecule has 0 unspecified atom stereocenters. The summed E-state index contributed by atoms with van der Waals surface area (Å²) in [6, 6.07) is 15.6. The summed E-state index contributed by atoms with van der Waals surface area (Å²) in [5.41, 5.74) is 3.74. The lowest BCUT2D eigenvalue weighted by molar-refractivity contribution is -0.113. The van der Waals surface area contributed by atoms with Crippen LogP contribution in [0.25, 0.3) is 11.3 Å². The molecule has 0 spiro atoms. The van der Waals surface area contributed by atoms with Crippen LogP contribution in [0.1, 0.15) is 5.56 Å². The fourth-order valence-electron chi connectivity index (χ4n) is 2.38. The molecule has 0 saturated heterocycles. The molecule has 2 aromatic carbocycles. The Labute approximate surface area is 150 Å². The number of hydrogen-bond donors (Lipinski definition) is 2. The average Bonchev–Trinajstić information content (AvgIpc) is 3.10. The zero-order valence-corrected chi connectivity index (χ0v) is 14.9. The fraction of sp³-hybridized carbons (Fsp3) is 0.158. The van der Waals surface area contributed by atoms with Gasteiger partial charge in [-0.25, -0.2) is 4.98 Å². The van der Waals surface area contributed by atoms with Gasteiger partial charge in [0.15, 0.2) is 5.16 Å². The average molecular weight is 353 g/mol. The topological polar surface area (TPSA) is 67.0 Å². The number of methoxy groups -OCH3 is 1. The minimum atomic E-state index is -0.105. The number of carbonyl (C=O) groups is 1. The second kappa shape index (κ2) is 7.90. The van der Waals surface area contributed by atoms with Gasteiger partial charge in [0.05, 0.1) is 30.4 Å². The molecular weight excluding hydrogens is 334 g/mol. The lowest BCUT2D eigenvalue weighted by Gasteiger charge is -2.10. The van der Waals surface area contributed by atoms with Crippen LogP contribution in [0.15, 0.2) is 59.9 Å². The van der Waals surface area contributed by atoms with E-state index in [1.54, 1.807) is 13.3 Å². The summed E-state index contributed by atoms with van der Waals surface area (Å²) < 4.78 is 5.28. The van der Waals surface area contributed by atoms with E-state index < -0.39 is 0 Å². The smallest absolute Gasteiger partial charge is 0.234 e. The first-order chi connectivity index (χ1) is 12.2. The van der Waals surface area contributed by atoms with E-state index in [0.717, 1.165) is 16.8 Å². The predicted molar refractivity (Wildman–Crippen MR) is 101 cm³/mol. The van der Waals surface area contributed by atoms with E-state index >= 15 is 0 Å². The van der Waals surface area contributed by atoms with Crippen LogP contribution in [0.4, 0.5) is 5.69 Å². The minimum absolute atomic E-state index is 0.105. The number of amides is 1. The van der Waals surface area contributed by atoms with Crippen molar-refractivity contribution in [3.63, 3.8) is 0 Å². The number of thioether (sulfide) groups is 1. The van der Waals surface area contributed by atoms with Crippen molar-refractivity contribution >= 4 is 23.4 Å². The van der Waals surface area contributed by atoms with Gasteiger partial charge >= 0.3 is 0 Å². The van der Waals surface area contributed by atoms with E-state index in [1.165, 1.54) is 11.8 Å². The molecule has 5 nitrogen and oxygen atoms in total. The Morgan fingerprint density at radius 2 is 2.04 bits per heavy atom. The number of imidazole rings is 1. The Morgan fingerprint density at radius 1 is 1.24 bits per heavy atom. The Kier molecular flexibility index (Phi) is 5.40. The number of ether oxygens (including phenoxy) is 1. The number of anilines is 1. The number of hydrogen-bond acceptors (Lipinski definition) is 4. The van der Waals surface area contributed by atoms with Crippen molar-refractivity contribution < 1.29 is 9.53 Å². The van der Waals surface area contributed by atoms with E-state index in [0.29, 0.717) is 16.6 Å². The van der Waals surface area contributed by atoms with Crippen LogP contribution in [0, 0.1) is 6.92 Å². The zero-order valence-electron chi connectivity index (χ0n) is 14.1. The number of aromatic nitrogens is 2. The summed E-state index contributed by atoms with van der Waals surface area (Å²) >= 11 is 1.36. The van der Waals surface area contributed by atoms with Gasteiger partial charge < -0.3 is 15.0 Å². The first-order valence-electron chi connectivity index (χ1n) is 7.83. The molecule has 3 aromatic rings. The molecule has 25 heavy (non-hydrogen) atoms. The summed E-state index contributed by atoms with van der Waals surface area (Å²) in [5.74, 6) is 0.804. The molecule has 6 heteroatoms. The van der Waals surface area contributed by atoms with Gasteiger partial charge in [-0.1, -0.05) is 48.2 Å². The Hall–Kier alpha value is -2.73. The first kappa shape index (κ1) is 17.1. The van der Waals surface area contributed by atoms with Gasteiger partial charge in [0, 0.05) is 0 Å². The highest BCUT2D eigenvalue weighted by atomic mass is 32.2. The molecule has 0 aliphatic carbocycles. The highest BCUT2D eigenvalue weighted by molar-refractivity contribution is 7.99. The van der Waals surface area contributed by atoms with E-state index in [9.17, 15) is 4.79 Å². The highest BCUT2D eigenvalue weighted by Gasteiger charge is 2.10. The van der Waals surface area contributed by atoms with Crippen molar-refractivity contribution in [2.75, 3.05) is 18.2 Å². The standard InChI is InChI=1S/C19H19N3O2S/c1-13-8-9-17(24-2)15(10-13)21-18(23)12-25-19-20-11-16(22-19)14-6-4-3-5-7-14/h3-11H,12H2,1-2H3,(H,20,22)(H,21,23). The number of benzene rings is 2. The molecule has 1 amide bonds. The Bertz CT molecular complexity index is 862. The van der Waals surface area contributed by atoms with Crippen LogP contribution in [0.5, 0.6) is 5.75 Å². The molecule has 0 saturated carbocycles. The number of nitrogens with one attached hydrogen (secondary N) is 2. The van der Waals surface area contributed by atoms with Crippen molar-refractivity contribution in [2.45, 2.75) is 12.1 Å². The van der Waals surface area contributed by atoms with Crippen molar-refractivity contribution in [3.8, 4) is 17.0 Å². The quantitative estimate of drug-likeness (QED) is 0.654. The summed E-state index contributed by atoms with van der Waals surface area (Å²) in [6.07, 6.45) is 1.78. The zero-order chi connectivity index (χ0) is 17.6. The molecule has 128 valence electrons. The number of aromatic amines is 1. The molecule has 2 N–H and O–H groups in total.